The van der Waals surface area contributed by atoms with Crippen molar-refractivity contribution in [2.75, 3.05) is 11.9 Å². The Morgan fingerprint density at radius 3 is 2.67 bits per heavy atom. The molecule has 0 fully saturated rings. The lowest BCUT2D eigenvalue weighted by atomic mass is 10.1. The molecule has 0 amide bonds. The SMILES string of the molecule is Cc1cc(C)c(C#N)c(NCCCCC(C)C)n1. The standard InChI is InChI=1S/C15H23N3/c1-11(2)7-5-6-8-17-15-14(10-16)12(3)9-13(4)18-15/h9,11H,5-8H2,1-4H3,(H,17,18). The Bertz CT molecular complexity index is 430. The summed E-state index contributed by atoms with van der Waals surface area (Å²) in [6.07, 6.45) is 3.60. The highest BCUT2D eigenvalue weighted by Crippen LogP contribution is 2.17. The van der Waals surface area contributed by atoms with E-state index in [9.17, 15) is 0 Å². The topological polar surface area (TPSA) is 48.7 Å². The minimum Gasteiger partial charge on any atom is -0.369 e. The molecular formula is C15H23N3. The van der Waals surface area contributed by atoms with Crippen LogP contribution in [-0.2, 0) is 0 Å². The van der Waals surface area contributed by atoms with Gasteiger partial charge in [-0.15, -0.1) is 0 Å². The van der Waals surface area contributed by atoms with Crippen LogP contribution in [-0.4, -0.2) is 11.5 Å². The second-order valence-corrected chi connectivity index (χ2v) is 5.23. The summed E-state index contributed by atoms with van der Waals surface area (Å²) in [5, 5.41) is 12.4. The molecule has 0 aliphatic rings. The third kappa shape index (κ3) is 4.37. The lowest BCUT2D eigenvalue weighted by Gasteiger charge is -2.10. The summed E-state index contributed by atoms with van der Waals surface area (Å²) in [7, 11) is 0. The van der Waals surface area contributed by atoms with Crippen LogP contribution >= 0.6 is 0 Å². The molecule has 0 unspecified atom stereocenters. The first-order valence-corrected chi connectivity index (χ1v) is 6.66. The molecule has 0 aliphatic heterocycles. The van der Waals surface area contributed by atoms with Gasteiger partial charge in [0.2, 0.25) is 0 Å². The molecule has 3 heteroatoms. The molecule has 0 saturated heterocycles. The number of pyridine rings is 1. The summed E-state index contributed by atoms with van der Waals surface area (Å²) in [5.74, 6) is 1.50. The van der Waals surface area contributed by atoms with E-state index in [2.05, 4.69) is 30.2 Å². The van der Waals surface area contributed by atoms with Crippen LogP contribution < -0.4 is 5.32 Å². The summed E-state index contributed by atoms with van der Waals surface area (Å²) >= 11 is 0. The highest BCUT2D eigenvalue weighted by Gasteiger charge is 2.07. The van der Waals surface area contributed by atoms with E-state index in [1.54, 1.807) is 0 Å². The number of hydrogen-bond acceptors (Lipinski definition) is 3. The van der Waals surface area contributed by atoms with Crippen molar-refractivity contribution in [1.29, 1.82) is 5.26 Å². The van der Waals surface area contributed by atoms with Gasteiger partial charge >= 0.3 is 0 Å². The number of nitrogens with one attached hydrogen (secondary N) is 1. The normalized spacial score (nSPS) is 10.4. The molecule has 1 N–H and O–H groups in total. The van der Waals surface area contributed by atoms with Gasteiger partial charge in [-0.1, -0.05) is 26.7 Å². The Labute approximate surface area is 110 Å². The van der Waals surface area contributed by atoms with Crippen LogP contribution in [0.15, 0.2) is 6.07 Å². The molecular weight excluding hydrogens is 222 g/mol. The van der Waals surface area contributed by atoms with E-state index >= 15 is 0 Å². The first-order chi connectivity index (χ1) is 8.54. The number of rotatable bonds is 6. The number of anilines is 1. The number of hydrogen-bond donors (Lipinski definition) is 1. The first-order valence-electron chi connectivity index (χ1n) is 6.66. The molecule has 1 aromatic heterocycles. The van der Waals surface area contributed by atoms with Crippen molar-refractivity contribution >= 4 is 5.82 Å². The van der Waals surface area contributed by atoms with Gasteiger partial charge in [0.15, 0.2) is 0 Å². The van der Waals surface area contributed by atoms with E-state index in [0.29, 0.717) is 5.56 Å². The quantitative estimate of drug-likeness (QED) is 0.775. The van der Waals surface area contributed by atoms with Gasteiger partial charge in [-0.3, -0.25) is 0 Å². The molecule has 98 valence electrons. The molecule has 1 aromatic rings. The first kappa shape index (κ1) is 14.5. The Balaban J connectivity index is 2.54. The molecule has 18 heavy (non-hydrogen) atoms. The number of unbranched alkanes of at least 4 members (excludes halogenated alkanes) is 1. The number of aryl methyl sites for hydroxylation is 2. The number of nitriles is 1. The Morgan fingerprint density at radius 1 is 1.33 bits per heavy atom. The fourth-order valence-electron chi connectivity index (χ4n) is 1.99. The van der Waals surface area contributed by atoms with Gasteiger partial charge in [-0.25, -0.2) is 4.98 Å². The van der Waals surface area contributed by atoms with E-state index in [1.165, 1.54) is 12.8 Å². The zero-order valence-electron chi connectivity index (χ0n) is 11.9. The van der Waals surface area contributed by atoms with E-state index in [0.717, 1.165) is 36.0 Å². The largest absolute Gasteiger partial charge is 0.369 e. The molecule has 0 bridgehead atoms. The highest BCUT2D eigenvalue weighted by atomic mass is 15.0. The van der Waals surface area contributed by atoms with E-state index in [-0.39, 0.29) is 0 Å². The predicted octanol–water partition coefficient (Wildman–Crippen LogP) is 3.81. The van der Waals surface area contributed by atoms with Crippen LogP contribution in [0.5, 0.6) is 0 Å². The van der Waals surface area contributed by atoms with Crippen molar-refractivity contribution in [2.24, 2.45) is 5.92 Å². The van der Waals surface area contributed by atoms with Crippen LogP contribution in [0, 0.1) is 31.1 Å². The third-order valence-corrected chi connectivity index (χ3v) is 2.96. The summed E-state index contributed by atoms with van der Waals surface area (Å²) in [6, 6.07) is 4.17. The van der Waals surface area contributed by atoms with Gasteiger partial charge in [0.25, 0.3) is 0 Å². The van der Waals surface area contributed by atoms with Crippen LogP contribution in [0.1, 0.15) is 49.9 Å². The molecule has 1 heterocycles. The van der Waals surface area contributed by atoms with Crippen molar-refractivity contribution < 1.29 is 0 Å². The lowest BCUT2D eigenvalue weighted by molar-refractivity contribution is 0.544. The van der Waals surface area contributed by atoms with E-state index in [4.69, 9.17) is 5.26 Å². The zero-order chi connectivity index (χ0) is 13.5. The van der Waals surface area contributed by atoms with E-state index in [1.807, 2.05) is 19.9 Å². The van der Waals surface area contributed by atoms with Gasteiger partial charge in [0.1, 0.15) is 11.9 Å². The molecule has 1 rings (SSSR count). The van der Waals surface area contributed by atoms with Crippen LogP contribution in [0.3, 0.4) is 0 Å². The highest BCUT2D eigenvalue weighted by molar-refractivity contribution is 5.56. The smallest absolute Gasteiger partial charge is 0.144 e. The maximum Gasteiger partial charge on any atom is 0.144 e. The van der Waals surface area contributed by atoms with Gasteiger partial charge in [-0.05, 0) is 37.8 Å². The minimum absolute atomic E-state index is 0.671. The van der Waals surface area contributed by atoms with Crippen molar-refractivity contribution in [3.05, 3.63) is 22.9 Å². The third-order valence-electron chi connectivity index (χ3n) is 2.96. The van der Waals surface area contributed by atoms with Gasteiger partial charge in [0.05, 0.1) is 5.56 Å². The van der Waals surface area contributed by atoms with Crippen LogP contribution in [0.25, 0.3) is 0 Å². The molecule has 0 radical (unpaired) electrons. The summed E-state index contributed by atoms with van der Waals surface area (Å²) in [5.41, 5.74) is 2.62. The van der Waals surface area contributed by atoms with Crippen LogP contribution in [0.2, 0.25) is 0 Å². The predicted molar refractivity (Wildman–Crippen MR) is 75.6 cm³/mol. The molecule has 3 nitrogen and oxygen atoms in total. The molecule has 0 spiro atoms. The Hall–Kier alpha value is -1.56. The average molecular weight is 245 g/mol. The number of nitrogens with zero attached hydrogens (tertiary/aromatic N) is 2. The van der Waals surface area contributed by atoms with Crippen molar-refractivity contribution in [1.82, 2.24) is 4.98 Å². The fraction of sp³-hybridized carbons (Fsp3) is 0.600. The van der Waals surface area contributed by atoms with Crippen molar-refractivity contribution in [2.45, 2.75) is 47.0 Å². The average Bonchev–Trinajstić information content (AvgIpc) is 2.27. The molecule has 0 saturated carbocycles. The molecule has 0 aliphatic carbocycles. The lowest BCUT2D eigenvalue weighted by Crippen LogP contribution is -2.07. The van der Waals surface area contributed by atoms with E-state index < -0.39 is 0 Å². The summed E-state index contributed by atoms with van der Waals surface area (Å²) in [4.78, 5) is 4.40. The van der Waals surface area contributed by atoms with Crippen molar-refractivity contribution in [3.8, 4) is 6.07 Å². The summed E-state index contributed by atoms with van der Waals surface area (Å²) in [6.45, 7) is 9.28. The maximum atomic E-state index is 9.14. The zero-order valence-corrected chi connectivity index (χ0v) is 11.9. The fourth-order valence-corrected chi connectivity index (χ4v) is 1.99. The maximum absolute atomic E-state index is 9.14. The second kappa shape index (κ2) is 7.00. The molecule has 0 atom stereocenters. The van der Waals surface area contributed by atoms with Gasteiger partial charge in [0, 0.05) is 12.2 Å². The Kier molecular flexibility index (Phi) is 5.64. The molecule has 0 aromatic carbocycles. The van der Waals surface area contributed by atoms with Crippen LogP contribution in [0.4, 0.5) is 5.82 Å². The Morgan fingerprint density at radius 2 is 2.06 bits per heavy atom. The van der Waals surface area contributed by atoms with Gasteiger partial charge in [-0.2, -0.15) is 5.26 Å². The second-order valence-electron chi connectivity index (χ2n) is 5.23. The number of aromatic nitrogens is 1. The van der Waals surface area contributed by atoms with Gasteiger partial charge < -0.3 is 5.32 Å². The monoisotopic (exact) mass is 245 g/mol. The van der Waals surface area contributed by atoms with Crippen molar-refractivity contribution in [3.63, 3.8) is 0 Å². The minimum atomic E-state index is 0.671. The summed E-state index contributed by atoms with van der Waals surface area (Å²) < 4.78 is 0.